The van der Waals surface area contributed by atoms with Crippen LogP contribution < -0.4 is 5.32 Å². The van der Waals surface area contributed by atoms with Gasteiger partial charge in [-0.25, -0.2) is 13.6 Å². The second-order valence-electron chi connectivity index (χ2n) is 7.92. The highest BCUT2D eigenvalue weighted by molar-refractivity contribution is 5.83. The van der Waals surface area contributed by atoms with Gasteiger partial charge in [0.2, 0.25) is 5.91 Å². The number of hydrogen-bond acceptors (Lipinski definition) is 4. The minimum absolute atomic E-state index is 0.0745. The highest BCUT2D eigenvalue weighted by Crippen LogP contribution is 2.44. The number of hydrogen-bond donors (Lipinski definition) is 2. The highest BCUT2D eigenvalue weighted by atomic mass is 19.3. The van der Waals surface area contributed by atoms with E-state index in [1.165, 1.54) is 0 Å². The molecule has 1 saturated heterocycles. The summed E-state index contributed by atoms with van der Waals surface area (Å²) in [5.74, 6) is -7.76. The van der Waals surface area contributed by atoms with Crippen LogP contribution in [0.15, 0.2) is 48.5 Å². The Balaban J connectivity index is 1.32. The molecule has 168 valence electrons. The number of amides is 2. The van der Waals surface area contributed by atoms with Gasteiger partial charge in [-0.1, -0.05) is 48.5 Å². The zero-order valence-corrected chi connectivity index (χ0v) is 17.1. The van der Waals surface area contributed by atoms with E-state index in [4.69, 9.17) is 9.84 Å². The summed E-state index contributed by atoms with van der Waals surface area (Å²) in [5, 5.41) is 11.3. The molecule has 1 heterocycles. The van der Waals surface area contributed by atoms with E-state index in [9.17, 15) is 23.2 Å². The van der Waals surface area contributed by atoms with Crippen molar-refractivity contribution >= 4 is 18.0 Å². The van der Waals surface area contributed by atoms with Crippen molar-refractivity contribution in [2.75, 3.05) is 26.2 Å². The second-order valence-corrected chi connectivity index (χ2v) is 7.92. The predicted molar refractivity (Wildman–Crippen MR) is 110 cm³/mol. The van der Waals surface area contributed by atoms with Gasteiger partial charge in [0.05, 0.1) is 0 Å². The van der Waals surface area contributed by atoms with E-state index in [1.54, 1.807) is 0 Å². The van der Waals surface area contributed by atoms with Crippen molar-refractivity contribution in [3.05, 3.63) is 59.7 Å². The molecule has 1 aliphatic heterocycles. The zero-order valence-electron chi connectivity index (χ0n) is 17.1. The summed E-state index contributed by atoms with van der Waals surface area (Å²) in [6.07, 6.45) is -1.54. The van der Waals surface area contributed by atoms with Crippen LogP contribution in [0.3, 0.4) is 0 Å². The van der Waals surface area contributed by atoms with Crippen molar-refractivity contribution in [2.24, 2.45) is 5.92 Å². The van der Waals surface area contributed by atoms with E-state index in [2.05, 4.69) is 5.32 Å². The van der Waals surface area contributed by atoms with Crippen LogP contribution in [-0.4, -0.2) is 60.1 Å². The number of ether oxygens (including phenoxy) is 1. The number of carboxylic acid groups (broad SMARTS) is 1. The second kappa shape index (κ2) is 8.57. The van der Waals surface area contributed by atoms with Gasteiger partial charge >= 0.3 is 12.1 Å². The molecule has 32 heavy (non-hydrogen) atoms. The number of likely N-dealkylation sites (tertiary alicyclic amines) is 1. The molecule has 9 heteroatoms. The fourth-order valence-corrected chi connectivity index (χ4v) is 4.30. The molecule has 1 atom stereocenters. The lowest BCUT2D eigenvalue weighted by molar-refractivity contribution is -0.169. The maximum atomic E-state index is 13.7. The van der Waals surface area contributed by atoms with Gasteiger partial charge in [0.15, 0.2) is 0 Å². The number of carbonyl (C=O) groups excluding carboxylic acids is 2. The lowest BCUT2D eigenvalue weighted by Crippen LogP contribution is -2.53. The molecular weight excluding hydrogens is 422 g/mol. The third-order valence-corrected chi connectivity index (χ3v) is 6.01. The molecule has 2 aliphatic rings. The minimum atomic E-state index is -3.37. The maximum Gasteiger partial charge on any atom is 0.407 e. The predicted octanol–water partition coefficient (Wildman–Crippen LogP) is 3.09. The molecule has 0 bridgehead atoms. The van der Waals surface area contributed by atoms with E-state index in [1.807, 2.05) is 48.5 Å². The van der Waals surface area contributed by atoms with Gasteiger partial charge < -0.3 is 20.1 Å². The van der Waals surface area contributed by atoms with Crippen LogP contribution in [0.5, 0.6) is 0 Å². The third kappa shape index (κ3) is 4.15. The summed E-state index contributed by atoms with van der Waals surface area (Å²) in [4.78, 5) is 36.6. The first-order valence-corrected chi connectivity index (χ1v) is 10.2. The number of alkyl halides is 2. The molecule has 2 N–H and O–H groups in total. The van der Waals surface area contributed by atoms with Crippen LogP contribution in [0.25, 0.3) is 11.1 Å². The van der Waals surface area contributed by atoms with Gasteiger partial charge in [0, 0.05) is 25.4 Å². The molecule has 0 saturated carbocycles. The number of carboxylic acids is 1. The Kier molecular flexibility index (Phi) is 5.82. The molecule has 2 amide bonds. The smallest absolute Gasteiger partial charge is 0.407 e. The van der Waals surface area contributed by atoms with Crippen LogP contribution in [0.1, 0.15) is 23.5 Å². The lowest BCUT2D eigenvalue weighted by atomic mass is 9.93. The molecular formula is C23H22F2N2O5. The van der Waals surface area contributed by atoms with E-state index >= 15 is 0 Å². The summed E-state index contributed by atoms with van der Waals surface area (Å²) < 4.78 is 32.8. The quantitative estimate of drug-likeness (QED) is 0.739. The molecule has 1 aliphatic carbocycles. The number of benzene rings is 2. The lowest BCUT2D eigenvalue weighted by Gasteiger charge is -2.36. The first kappa shape index (κ1) is 21.7. The average molecular weight is 444 g/mol. The van der Waals surface area contributed by atoms with E-state index < -0.39 is 49.3 Å². The van der Waals surface area contributed by atoms with E-state index in [0.717, 1.165) is 27.2 Å². The Bertz CT molecular complexity index is 1010. The van der Waals surface area contributed by atoms with Crippen molar-refractivity contribution in [1.29, 1.82) is 0 Å². The third-order valence-electron chi connectivity index (χ3n) is 6.01. The van der Waals surface area contributed by atoms with Crippen molar-refractivity contribution in [2.45, 2.75) is 18.3 Å². The first-order valence-electron chi connectivity index (χ1n) is 10.2. The van der Waals surface area contributed by atoms with Crippen molar-refractivity contribution in [1.82, 2.24) is 10.2 Å². The molecule has 7 nitrogen and oxygen atoms in total. The Morgan fingerprint density at radius 3 is 2.25 bits per heavy atom. The van der Waals surface area contributed by atoms with Gasteiger partial charge in [-0.2, -0.15) is 0 Å². The number of nitrogens with one attached hydrogen (secondary N) is 1. The Morgan fingerprint density at radius 2 is 1.66 bits per heavy atom. The Labute approximate surface area is 183 Å². The van der Waals surface area contributed by atoms with Crippen LogP contribution >= 0.6 is 0 Å². The first-order chi connectivity index (χ1) is 15.3. The number of carbonyl (C=O) groups is 3. The molecule has 4 rings (SSSR count). The molecule has 0 spiro atoms. The van der Waals surface area contributed by atoms with Gasteiger partial charge in [-0.05, 0) is 22.3 Å². The summed E-state index contributed by atoms with van der Waals surface area (Å²) in [6, 6.07) is 15.7. The van der Waals surface area contributed by atoms with Gasteiger partial charge in [0.25, 0.3) is 5.92 Å². The zero-order chi connectivity index (χ0) is 22.9. The number of halogens is 2. The SMILES string of the molecule is O=C(NCC(=O)N1CCC(F)(F)C(C(=O)O)C1)OCC1c2ccccc2-c2ccccc21. The summed E-state index contributed by atoms with van der Waals surface area (Å²) in [5.41, 5.74) is 4.27. The minimum Gasteiger partial charge on any atom is -0.481 e. The van der Waals surface area contributed by atoms with E-state index in [-0.39, 0.29) is 19.1 Å². The maximum absolute atomic E-state index is 13.7. The molecule has 1 fully saturated rings. The number of nitrogens with zero attached hydrogens (tertiary/aromatic N) is 1. The molecule has 2 aromatic rings. The fraction of sp³-hybridized carbons (Fsp3) is 0.348. The molecule has 1 unspecified atom stereocenters. The average Bonchev–Trinajstić information content (AvgIpc) is 3.09. The number of aliphatic carboxylic acids is 1. The van der Waals surface area contributed by atoms with Crippen LogP contribution in [0.4, 0.5) is 13.6 Å². The number of piperidine rings is 1. The summed E-state index contributed by atoms with van der Waals surface area (Å²) in [6.45, 7) is -1.27. The Hall–Kier alpha value is -3.49. The molecule has 0 aromatic heterocycles. The van der Waals surface area contributed by atoms with E-state index in [0.29, 0.717) is 0 Å². The largest absolute Gasteiger partial charge is 0.481 e. The number of alkyl carbamates (subject to hydrolysis) is 1. The van der Waals surface area contributed by atoms with Crippen molar-refractivity contribution in [3.63, 3.8) is 0 Å². The fourth-order valence-electron chi connectivity index (χ4n) is 4.30. The highest BCUT2D eigenvalue weighted by Gasteiger charge is 2.49. The van der Waals surface area contributed by atoms with Gasteiger partial charge in [0.1, 0.15) is 19.1 Å². The topological polar surface area (TPSA) is 95.9 Å². The van der Waals surface area contributed by atoms with Gasteiger partial charge in [-0.15, -0.1) is 0 Å². The number of rotatable bonds is 5. The number of fused-ring (bicyclic) bond motifs is 3. The van der Waals surface area contributed by atoms with Crippen LogP contribution in [0.2, 0.25) is 0 Å². The molecule has 2 aromatic carbocycles. The van der Waals surface area contributed by atoms with Crippen LogP contribution in [-0.2, 0) is 14.3 Å². The standard InChI is InChI=1S/C23H22F2N2O5/c24-23(25)9-10-27(12-19(23)21(29)30)20(28)11-26-22(31)32-13-18-16-7-3-1-5-14(16)15-6-2-4-8-17(15)18/h1-8,18-19H,9-13H2,(H,26,31)(H,29,30). The van der Waals surface area contributed by atoms with Crippen LogP contribution in [0, 0.1) is 5.92 Å². The van der Waals surface area contributed by atoms with Crippen molar-refractivity contribution in [3.8, 4) is 11.1 Å². The normalized spacial score (nSPS) is 19.1. The van der Waals surface area contributed by atoms with Gasteiger partial charge in [-0.3, -0.25) is 9.59 Å². The summed E-state index contributed by atoms with van der Waals surface area (Å²) >= 11 is 0. The Morgan fingerprint density at radius 1 is 1.06 bits per heavy atom. The monoisotopic (exact) mass is 444 g/mol. The summed E-state index contributed by atoms with van der Waals surface area (Å²) in [7, 11) is 0. The molecule has 0 radical (unpaired) electrons. The van der Waals surface area contributed by atoms with Crippen molar-refractivity contribution < 1.29 is 33.0 Å².